The minimum absolute atomic E-state index is 0.0606. The quantitative estimate of drug-likeness (QED) is 0.449. The minimum Gasteiger partial charge on any atom is -0.464 e. The molecule has 34 heavy (non-hydrogen) atoms. The van der Waals surface area contributed by atoms with Crippen LogP contribution in [0.15, 0.2) is 32.6 Å². The molecule has 3 aromatic rings. The highest BCUT2D eigenvalue weighted by Crippen LogP contribution is 2.30. The normalized spacial score (nSPS) is 15.8. The van der Waals surface area contributed by atoms with Crippen LogP contribution in [0, 0.1) is 20.8 Å². The molecule has 4 heterocycles. The maximum atomic E-state index is 12.9. The van der Waals surface area contributed by atoms with Crippen molar-refractivity contribution in [3.05, 3.63) is 61.5 Å². The van der Waals surface area contributed by atoms with Gasteiger partial charge in [0.1, 0.15) is 39.7 Å². The van der Waals surface area contributed by atoms with E-state index in [-0.39, 0.29) is 28.3 Å². The third kappa shape index (κ3) is 4.31. The maximum absolute atomic E-state index is 12.9. The Kier molecular flexibility index (Phi) is 6.24. The lowest BCUT2D eigenvalue weighted by molar-refractivity contribution is -0.139. The topological polar surface area (TPSA) is 153 Å². The van der Waals surface area contributed by atoms with Crippen molar-refractivity contribution in [2.45, 2.75) is 33.7 Å². The van der Waals surface area contributed by atoms with Crippen molar-refractivity contribution in [2.24, 2.45) is 0 Å². The number of esters is 2. The fraction of sp³-hybridized carbons (Fsp3) is 0.318. The Morgan fingerprint density at radius 3 is 2.59 bits per heavy atom. The van der Waals surface area contributed by atoms with Crippen LogP contribution in [0.3, 0.4) is 0 Å². The van der Waals surface area contributed by atoms with E-state index in [0.717, 1.165) is 11.3 Å². The number of urea groups is 1. The molecule has 11 nitrogen and oxygen atoms in total. The summed E-state index contributed by atoms with van der Waals surface area (Å²) >= 11 is 1.03. The van der Waals surface area contributed by atoms with Crippen LogP contribution in [0.25, 0.3) is 10.2 Å². The predicted octanol–water partition coefficient (Wildman–Crippen LogP) is 2.53. The number of aryl methyl sites for hydroxylation is 3. The number of fused-ring (bicyclic) bond motifs is 1. The number of thiophene rings is 1. The summed E-state index contributed by atoms with van der Waals surface area (Å²) in [4.78, 5) is 57.7. The smallest absolute Gasteiger partial charge is 0.349 e. The van der Waals surface area contributed by atoms with E-state index in [9.17, 15) is 19.2 Å². The molecule has 0 saturated carbocycles. The van der Waals surface area contributed by atoms with Crippen LogP contribution in [0.5, 0.6) is 0 Å². The van der Waals surface area contributed by atoms with Gasteiger partial charge in [-0.05, 0) is 45.4 Å². The van der Waals surface area contributed by atoms with E-state index >= 15 is 0 Å². The van der Waals surface area contributed by atoms with Crippen molar-refractivity contribution in [3.8, 4) is 0 Å². The molecular formula is C22H22N4O7S. The number of nitrogens with one attached hydrogen (secondary N) is 3. The van der Waals surface area contributed by atoms with Crippen molar-refractivity contribution in [2.75, 3.05) is 13.2 Å². The van der Waals surface area contributed by atoms with Crippen LogP contribution in [0.1, 0.15) is 45.5 Å². The fourth-order valence-corrected chi connectivity index (χ4v) is 4.77. The van der Waals surface area contributed by atoms with Crippen LogP contribution in [0.4, 0.5) is 4.79 Å². The SMILES string of the molecule is CCOC(=O)C1=C(COC(=O)c2sc3nc(C)[nH]c(=O)c3c2C)NC(=O)NC1c1ccc(C)o1. The Labute approximate surface area is 197 Å². The average Bonchev–Trinajstić information content (AvgIpc) is 3.34. The van der Waals surface area contributed by atoms with Gasteiger partial charge < -0.3 is 29.5 Å². The number of carbonyl (C=O) groups excluding carboxylic acids is 3. The molecule has 1 unspecified atom stereocenters. The molecule has 1 atom stereocenters. The van der Waals surface area contributed by atoms with Crippen molar-refractivity contribution < 1.29 is 28.3 Å². The van der Waals surface area contributed by atoms with Gasteiger partial charge in [-0.15, -0.1) is 11.3 Å². The van der Waals surface area contributed by atoms with Gasteiger partial charge in [0, 0.05) is 0 Å². The van der Waals surface area contributed by atoms with E-state index in [0.29, 0.717) is 33.1 Å². The summed E-state index contributed by atoms with van der Waals surface area (Å²) in [6.07, 6.45) is 0. The summed E-state index contributed by atoms with van der Waals surface area (Å²) in [5.74, 6) is -0.0476. The molecule has 0 bridgehead atoms. The summed E-state index contributed by atoms with van der Waals surface area (Å²) in [7, 11) is 0. The van der Waals surface area contributed by atoms with Crippen LogP contribution in [0.2, 0.25) is 0 Å². The van der Waals surface area contributed by atoms with Gasteiger partial charge >= 0.3 is 18.0 Å². The number of nitrogens with zero attached hydrogens (tertiary/aromatic N) is 1. The number of amides is 2. The molecule has 178 valence electrons. The number of furan rings is 1. The largest absolute Gasteiger partial charge is 0.464 e. The second-order valence-corrected chi connectivity index (χ2v) is 8.56. The van der Waals surface area contributed by atoms with Crippen molar-refractivity contribution in [1.29, 1.82) is 0 Å². The van der Waals surface area contributed by atoms with E-state index < -0.39 is 30.6 Å². The number of aromatic amines is 1. The zero-order chi connectivity index (χ0) is 24.6. The van der Waals surface area contributed by atoms with Crippen molar-refractivity contribution in [3.63, 3.8) is 0 Å². The highest BCUT2D eigenvalue weighted by atomic mass is 32.1. The van der Waals surface area contributed by atoms with Crippen LogP contribution in [-0.2, 0) is 14.3 Å². The van der Waals surface area contributed by atoms with Gasteiger partial charge in [-0.1, -0.05) is 0 Å². The standard InChI is InChI=1S/C22H22N4O7S/c1-5-31-20(28)15-12(25-22(30)26-16(15)13-7-6-9(2)33-13)8-32-21(29)17-10(3)14-18(27)23-11(4)24-19(14)34-17/h6-7,16H,5,8H2,1-4H3,(H,23,24,27)(H2,25,26,30). The van der Waals surface area contributed by atoms with E-state index in [1.54, 1.807) is 39.8 Å². The van der Waals surface area contributed by atoms with E-state index in [4.69, 9.17) is 13.9 Å². The maximum Gasteiger partial charge on any atom is 0.349 e. The van der Waals surface area contributed by atoms with Gasteiger partial charge in [0.15, 0.2) is 0 Å². The van der Waals surface area contributed by atoms with Gasteiger partial charge in [0.2, 0.25) is 0 Å². The van der Waals surface area contributed by atoms with Crippen LogP contribution < -0.4 is 16.2 Å². The molecule has 1 aliphatic rings. The van der Waals surface area contributed by atoms with Gasteiger partial charge in [-0.3, -0.25) is 4.79 Å². The monoisotopic (exact) mass is 486 g/mol. The summed E-state index contributed by atoms with van der Waals surface area (Å²) in [5, 5.41) is 5.48. The number of rotatable bonds is 6. The molecule has 4 rings (SSSR count). The molecular weight excluding hydrogens is 464 g/mol. The molecule has 0 aromatic carbocycles. The average molecular weight is 487 g/mol. The Morgan fingerprint density at radius 1 is 1.15 bits per heavy atom. The van der Waals surface area contributed by atoms with Crippen LogP contribution >= 0.6 is 11.3 Å². The molecule has 12 heteroatoms. The highest BCUT2D eigenvalue weighted by molar-refractivity contribution is 7.20. The van der Waals surface area contributed by atoms with E-state index in [2.05, 4.69) is 20.6 Å². The molecule has 2 amide bonds. The minimum atomic E-state index is -0.924. The van der Waals surface area contributed by atoms with Crippen molar-refractivity contribution >= 4 is 39.5 Å². The number of hydrogen-bond donors (Lipinski definition) is 3. The van der Waals surface area contributed by atoms with Gasteiger partial charge in [-0.2, -0.15) is 0 Å². The van der Waals surface area contributed by atoms with Crippen LogP contribution in [-0.4, -0.2) is 41.2 Å². The first-order chi connectivity index (χ1) is 16.2. The summed E-state index contributed by atoms with van der Waals surface area (Å²) in [5.41, 5.74) is 0.229. The predicted molar refractivity (Wildman–Crippen MR) is 122 cm³/mol. The Morgan fingerprint density at radius 2 is 1.91 bits per heavy atom. The third-order valence-corrected chi connectivity index (χ3v) is 6.31. The molecule has 0 radical (unpaired) electrons. The van der Waals surface area contributed by atoms with Gasteiger partial charge in [0.25, 0.3) is 5.56 Å². The molecule has 1 aliphatic heterocycles. The highest BCUT2D eigenvalue weighted by Gasteiger charge is 2.36. The molecule has 3 aromatic heterocycles. The third-order valence-electron chi connectivity index (χ3n) is 5.15. The first kappa shape index (κ1) is 23.2. The van der Waals surface area contributed by atoms with E-state index in [1.807, 2.05) is 0 Å². The lowest BCUT2D eigenvalue weighted by atomic mass is 10.0. The number of H-pyrrole nitrogens is 1. The Balaban J connectivity index is 1.67. The lowest BCUT2D eigenvalue weighted by Crippen LogP contribution is -2.47. The molecule has 0 spiro atoms. The summed E-state index contributed by atoms with van der Waals surface area (Å²) in [6.45, 7) is 6.36. The molecule has 0 aliphatic carbocycles. The number of hydrogen-bond acceptors (Lipinski definition) is 9. The van der Waals surface area contributed by atoms with E-state index in [1.165, 1.54) is 0 Å². The first-order valence-electron chi connectivity index (χ1n) is 10.4. The Bertz CT molecular complexity index is 1400. The van der Waals surface area contributed by atoms with Crippen molar-refractivity contribution in [1.82, 2.24) is 20.6 Å². The lowest BCUT2D eigenvalue weighted by Gasteiger charge is -2.27. The molecule has 0 saturated heterocycles. The molecule has 0 fully saturated rings. The molecule has 3 N–H and O–H groups in total. The number of ether oxygens (including phenoxy) is 2. The first-order valence-corrected chi connectivity index (χ1v) is 11.2. The second kappa shape index (κ2) is 9.14. The van der Waals surface area contributed by atoms with Gasteiger partial charge in [0.05, 0.1) is 23.3 Å². The van der Waals surface area contributed by atoms with Gasteiger partial charge in [-0.25, -0.2) is 19.4 Å². The number of aromatic nitrogens is 2. The summed E-state index contributed by atoms with van der Waals surface area (Å²) < 4.78 is 16.2. The summed E-state index contributed by atoms with van der Waals surface area (Å²) in [6, 6.07) is 1.82. The second-order valence-electron chi connectivity index (χ2n) is 7.56. The zero-order valence-electron chi connectivity index (χ0n) is 18.9. The Hall–Kier alpha value is -3.93. The zero-order valence-corrected chi connectivity index (χ0v) is 19.7. The number of carbonyl (C=O) groups is 3. The fourth-order valence-electron chi connectivity index (χ4n) is 3.65.